The Bertz CT molecular complexity index is 273. The Morgan fingerprint density at radius 1 is 1.09 bits per heavy atom. The lowest BCUT2D eigenvalue weighted by Gasteiger charge is -1.99. The van der Waals surface area contributed by atoms with Crippen molar-refractivity contribution in [1.82, 2.24) is 0 Å². The summed E-state index contributed by atoms with van der Waals surface area (Å²) >= 11 is 9.94. The minimum absolute atomic E-state index is 0.645. The van der Waals surface area contributed by atoms with Crippen LogP contribution in [-0.2, 0) is 0 Å². The van der Waals surface area contributed by atoms with E-state index in [9.17, 15) is 4.79 Å². The molecule has 58 valence electrons. The molecule has 0 aliphatic rings. The van der Waals surface area contributed by atoms with Gasteiger partial charge in [-0.15, -0.1) is 0 Å². The molecule has 0 saturated carbocycles. The molecule has 11 heavy (non-hydrogen) atoms. The van der Waals surface area contributed by atoms with E-state index < -0.39 is 0 Å². The van der Waals surface area contributed by atoms with E-state index >= 15 is 0 Å². The number of aldehydes is 1. The molecule has 0 saturated heterocycles. The van der Waals surface area contributed by atoms with Crippen molar-refractivity contribution in [3.63, 3.8) is 0 Å². The highest BCUT2D eigenvalue weighted by molar-refractivity contribution is 9.14. The van der Waals surface area contributed by atoms with Crippen LogP contribution in [0.5, 0.6) is 0 Å². The quantitative estimate of drug-likeness (QED) is 0.560. The van der Waals surface area contributed by atoms with Gasteiger partial charge in [0.05, 0.1) is 0 Å². The molecule has 0 atom stereocenters. The van der Waals surface area contributed by atoms with Gasteiger partial charge in [-0.3, -0.25) is 4.79 Å². The third kappa shape index (κ3) is 2.13. The van der Waals surface area contributed by atoms with Crippen LogP contribution in [-0.4, -0.2) is 6.29 Å². The van der Waals surface area contributed by atoms with E-state index in [-0.39, 0.29) is 0 Å². The third-order valence-electron chi connectivity index (χ3n) is 1.14. The van der Waals surface area contributed by atoms with Crippen LogP contribution in [0.25, 0.3) is 0 Å². The van der Waals surface area contributed by atoms with E-state index in [1.165, 1.54) is 0 Å². The molecule has 0 spiro atoms. The summed E-state index contributed by atoms with van der Waals surface area (Å²) in [4.78, 5) is 10.4. The lowest BCUT2D eigenvalue weighted by atomic mass is 10.2. The second-order valence-corrected chi connectivity index (χ2v) is 4.42. The van der Waals surface area contributed by atoms with E-state index in [1.807, 2.05) is 0 Å². The number of hydrogen-bond acceptors (Lipinski definition) is 1. The molecule has 0 fully saturated rings. The van der Waals surface area contributed by atoms with Crippen LogP contribution in [0.4, 0.5) is 0 Å². The van der Waals surface area contributed by atoms with Gasteiger partial charge in [0.25, 0.3) is 0 Å². The minimum Gasteiger partial charge on any atom is -0.298 e. The van der Waals surface area contributed by atoms with E-state index in [2.05, 4.69) is 47.8 Å². The molecule has 1 aromatic rings. The predicted octanol–water partition coefficient (Wildman–Crippen LogP) is 3.79. The van der Waals surface area contributed by atoms with Crippen LogP contribution in [0.1, 0.15) is 10.4 Å². The van der Waals surface area contributed by atoms with Gasteiger partial charge in [-0.25, -0.2) is 0 Å². The summed E-state index contributed by atoms with van der Waals surface area (Å²) in [5.74, 6) is 0. The molecule has 0 aliphatic heterocycles. The maximum Gasteiger partial charge on any atom is 0.150 e. The molecule has 0 unspecified atom stereocenters. The van der Waals surface area contributed by atoms with Crippen LogP contribution < -0.4 is 0 Å². The molecule has 0 amide bonds. The molecule has 1 aromatic carbocycles. The van der Waals surface area contributed by atoms with Crippen LogP contribution in [0.2, 0.25) is 0 Å². The maximum atomic E-state index is 10.4. The summed E-state index contributed by atoms with van der Waals surface area (Å²) in [6.07, 6.45) is 0.807. The highest BCUT2D eigenvalue weighted by Gasteiger charge is 2.02. The predicted molar refractivity (Wildman–Crippen MR) is 54.9 cm³/mol. The van der Waals surface area contributed by atoms with E-state index in [4.69, 9.17) is 0 Å². The van der Waals surface area contributed by atoms with Gasteiger partial charge in [-0.05, 0) is 59.9 Å². The number of carbonyl (C=O) groups excluding carboxylic acids is 1. The van der Waals surface area contributed by atoms with Gasteiger partial charge in [0, 0.05) is 19.0 Å². The van der Waals surface area contributed by atoms with Crippen molar-refractivity contribution in [2.24, 2.45) is 0 Å². The number of halogens is 3. The molecule has 0 aliphatic carbocycles. The number of hydrogen-bond donors (Lipinski definition) is 0. The zero-order valence-electron chi connectivity index (χ0n) is 5.27. The maximum absolute atomic E-state index is 10.4. The van der Waals surface area contributed by atoms with Crippen LogP contribution in [0.3, 0.4) is 0 Å². The van der Waals surface area contributed by atoms with Crippen molar-refractivity contribution in [3.8, 4) is 0 Å². The highest BCUT2D eigenvalue weighted by atomic mass is 79.9. The standard InChI is InChI=1S/C7H3Br3O/c8-5-1-4(3-11)2-6(9)7(5)10/h1-3H. The monoisotopic (exact) mass is 340 g/mol. The Kier molecular flexibility index (Phi) is 3.28. The fraction of sp³-hybridized carbons (Fsp3) is 0. The Morgan fingerprint density at radius 2 is 1.55 bits per heavy atom. The summed E-state index contributed by atoms with van der Waals surface area (Å²) in [7, 11) is 0. The average molecular weight is 343 g/mol. The normalized spacial score (nSPS) is 9.73. The fourth-order valence-electron chi connectivity index (χ4n) is 0.643. The molecular weight excluding hydrogens is 340 g/mol. The first-order chi connectivity index (χ1) is 5.15. The Hall–Kier alpha value is 0.330. The first-order valence-corrected chi connectivity index (χ1v) is 5.13. The molecule has 0 radical (unpaired) electrons. The SMILES string of the molecule is O=Cc1cc(Br)c(Br)c(Br)c1. The molecule has 0 bridgehead atoms. The summed E-state index contributed by atoms with van der Waals surface area (Å²) in [6.45, 7) is 0. The van der Waals surface area contributed by atoms with Crippen molar-refractivity contribution in [2.75, 3.05) is 0 Å². The largest absolute Gasteiger partial charge is 0.298 e. The van der Waals surface area contributed by atoms with Crippen molar-refractivity contribution >= 4 is 54.1 Å². The fourth-order valence-corrected chi connectivity index (χ4v) is 2.09. The van der Waals surface area contributed by atoms with Crippen molar-refractivity contribution in [2.45, 2.75) is 0 Å². The summed E-state index contributed by atoms with van der Waals surface area (Å²) < 4.78 is 2.66. The van der Waals surface area contributed by atoms with Crippen LogP contribution in [0.15, 0.2) is 25.6 Å². The van der Waals surface area contributed by atoms with Crippen LogP contribution in [0, 0.1) is 0 Å². The van der Waals surface area contributed by atoms with Gasteiger partial charge in [-0.1, -0.05) is 0 Å². The molecule has 0 N–H and O–H groups in total. The van der Waals surface area contributed by atoms with Crippen molar-refractivity contribution < 1.29 is 4.79 Å². The number of carbonyl (C=O) groups is 1. The summed E-state index contributed by atoms with van der Waals surface area (Å²) in [6, 6.07) is 3.50. The lowest BCUT2D eigenvalue weighted by molar-refractivity contribution is 0.112. The molecular formula is C7H3Br3O. The van der Waals surface area contributed by atoms with Crippen LogP contribution >= 0.6 is 47.8 Å². The smallest absolute Gasteiger partial charge is 0.150 e. The van der Waals surface area contributed by atoms with Crippen molar-refractivity contribution in [3.05, 3.63) is 31.1 Å². The van der Waals surface area contributed by atoms with E-state index in [1.54, 1.807) is 12.1 Å². The van der Waals surface area contributed by atoms with Gasteiger partial charge in [0.1, 0.15) is 6.29 Å². The van der Waals surface area contributed by atoms with E-state index in [0.29, 0.717) is 5.56 Å². The first kappa shape index (κ1) is 9.42. The van der Waals surface area contributed by atoms with Gasteiger partial charge in [-0.2, -0.15) is 0 Å². The second-order valence-electron chi connectivity index (χ2n) is 1.92. The zero-order chi connectivity index (χ0) is 8.43. The number of benzene rings is 1. The van der Waals surface area contributed by atoms with Gasteiger partial charge >= 0.3 is 0 Å². The summed E-state index contributed by atoms with van der Waals surface area (Å²) in [5.41, 5.74) is 0.645. The highest BCUT2D eigenvalue weighted by Crippen LogP contribution is 2.31. The van der Waals surface area contributed by atoms with E-state index in [0.717, 1.165) is 19.7 Å². The molecule has 1 rings (SSSR count). The second kappa shape index (κ2) is 3.83. The van der Waals surface area contributed by atoms with Gasteiger partial charge < -0.3 is 0 Å². The topological polar surface area (TPSA) is 17.1 Å². The third-order valence-corrected chi connectivity index (χ3v) is 4.31. The first-order valence-electron chi connectivity index (χ1n) is 2.75. The molecule has 0 heterocycles. The lowest BCUT2D eigenvalue weighted by Crippen LogP contribution is -1.81. The number of rotatable bonds is 1. The van der Waals surface area contributed by atoms with Gasteiger partial charge in [0.15, 0.2) is 0 Å². The van der Waals surface area contributed by atoms with Crippen molar-refractivity contribution in [1.29, 1.82) is 0 Å². The average Bonchev–Trinajstić information content (AvgIpc) is 1.99. The molecule has 4 heteroatoms. The molecule has 0 aromatic heterocycles. The Morgan fingerprint density at radius 3 is 1.91 bits per heavy atom. The zero-order valence-corrected chi connectivity index (χ0v) is 10.0. The van der Waals surface area contributed by atoms with Gasteiger partial charge in [0.2, 0.25) is 0 Å². The minimum atomic E-state index is 0.645. The Labute approximate surface area is 89.6 Å². The Balaban J connectivity index is 3.31. The molecule has 1 nitrogen and oxygen atoms in total. The summed E-state index contributed by atoms with van der Waals surface area (Å²) in [5, 5.41) is 0.